The van der Waals surface area contributed by atoms with Crippen LogP contribution in [0.3, 0.4) is 0 Å². The Hall–Kier alpha value is -4.13. The first-order valence-electron chi connectivity index (χ1n) is 10.3. The van der Waals surface area contributed by atoms with Gasteiger partial charge in [0, 0.05) is 0 Å². The van der Waals surface area contributed by atoms with Gasteiger partial charge in [-0.05, 0) is 66.6 Å². The molecule has 0 bridgehead atoms. The summed E-state index contributed by atoms with van der Waals surface area (Å²) in [6, 6.07) is 21.1. The summed E-state index contributed by atoms with van der Waals surface area (Å²) < 4.78 is 11.0. The molecule has 4 aromatic rings. The highest BCUT2D eigenvalue weighted by molar-refractivity contribution is 6.02. The Bertz CT molecular complexity index is 1280. The molecule has 1 aromatic heterocycles. The Balaban J connectivity index is 1.55. The summed E-state index contributed by atoms with van der Waals surface area (Å²) in [6.45, 7) is 4.38. The molecule has 0 spiro atoms. The highest BCUT2D eigenvalue weighted by Gasteiger charge is 2.16. The molecule has 0 saturated carbocycles. The average molecular weight is 428 g/mol. The van der Waals surface area contributed by atoms with Crippen molar-refractivity contribution in [2.45, 2.75) is 13.8 Å². The number of methoxy groups -OCH3 is 1. The molecular formula is C25H24N4O3. The van der Waals surface area contributed by atoms with Crippen molar-refractivity contribution in [1.82, 2.24) is 15.6 Å². The van der Waals surface area contributed by atoms with E-state index in [-0.39, 0.29) is 5.91 Å². The molecule has 0 aliphatic rings. The monoisotopic (exact) mass is 428 g/mol. The SMILES string of the molecule is CCOc1ccc(/C(C)=N\NC(=O)c2cc(-c3c(OC)ccc4ccccc34)n[nH]2)cc1. The van der Waals surface area contributed by atoms with Crippen LogP contribution in [-0.4, -0.2) is 35.5 Å². The Morgan fingerprint density at radius 1 is 1.09 bits per heavy atom. The van der Waals surface area contributed by atoms with E-state index in [9.17, 15) is 4.79 Å². The van der Waals surface area contributed by atoms with Gasteiger partial charge in [0.1, 0.15) is 17.2 Å². The number of aromatic nitrogens is 2. The molecule has 162 valence electrons. The van der Waals surface area contributed by atoms with E-state index in [1.807, 2.05) is 74.5 Å². The fraction of sp³-hybridized carbons (Fsp3) is 0.160. The van der Waals surface area contributed by atoms with E-state index in [1.165, 1.54) is 0 Å². The molecular weight excluding hydrogens is 404 g/mol. The van der Waals surface area contributed by atoms with Gasteiger partial charge >= 0.3 is 0 Å². The van der Waals surface area contributed by atoms with Gasteiger partial charge in [-0.15, -0.1) is 0 Å². The van der Waals surface area contributed by atoms with Crippen molar-refractivity contribution in [3.8, 4) is 22.8 Å². The third kappa shape index (κ3) is 4.32. The summed E-state index contributed by atoms with van der Waals surface area (Å²) in [5.74, 6) is 1.10. The lowest BCUT2D eigenvalue weighted by Crippen LogP contribution is -2.19. The first-order chi connectivity index (χ1) is 15.6. The highest BCUT2D eigenvalue weighted by Crippen LogP contribution is 2.36. The van der Waals surface area contributed by atoms with E-state index in [0.29, 0.717) is 29.5 Å². The summed E-state index contributed by atoms with van der Waals surface area (Å²) >= 11 is 0. The lowest BCUT2D eigenvalue weighted by Gasteiger charge is -2.09. The second-order valence-corrected chi connectivity index (χ2v) is 7.13. The minimum Gasteiger partial charge on any atom is -0.496 e. The maximum atomic E-state index is 12.6. The second-order valence-electron chi connectivity index (χ2n) is 7.13. The molecule has 7 nitrogen and oxygen atoms in total. The number of carbonyl (C=O) groups excluding carboxylic acids is 1. The molecule has 3 aromatic carbocycles. The molecule has 0 radical (unpaired) electrons. The van der Waals surface area contributed by atoms with Gasteiger partial charge < -0.3 is 9.47 Å². The van der Waals surface area contributed by atoms with Crippen molar-refractivity contribution in [3.05, 3.63) is 78.0 Å². The van der Waals surface area contributed by atoms with Gasteiger partial charge in [-0.1, -0.05) is 30.3 Å². The fourth-order valence-corrected chi connectivity index (χ4v) is 3.47. The number of nitrogens with one attached hydrogen (secondary N) is 2. The van der Waals surface area contributed by atoms with Crippen LogP contribution in [0.5, 0.6) is 11.5 Å². The minimum absolute atomic E-state index is 0.304. The molecule has 7 heteroatoms. The van der Waals surface area contributed by atoms with E-state index in [2.05, 4.69) is 20.7 Å². The Morgan fingerprint density at radius 3 is 2.62 bits per heavy atom. The van der Waals surface area contributed by atoms with Gasteiger partial charge in [0.2, 0.25) is 0 Å². The number of ether oxygens (including phenoxy) is 2. The third-order valence-electron chi connectivity index (χ3n) is 5.10. The van der Waals surface area contributed by atoms with Crippen molar-refractivity contribution in [3.63, 3.8) is 0 Å². The lowest BCUT2D eigenvalue weighted by molar-refractivity contribution is 0.0950. The number of nitrogens with zero attached hydrogens (tertiary/aromatic N) is 2. The molecule has 1 amide bonds. The highest BCUT2D eigenvalue weighted by atomic mass is 16.5. The van der Waals surface area contributed by atoms with Gasteiger partial charge in [-0.25, -0.2) is 5.43 Å². The largest absolute Gasteiger partial charge is 0.496 e. The molecule has 0 atom stereocenters. The quantitative estimate of drug-likeness (QED) is 0.327. The topological polar surface area (TPSA) is 88.6 Å². The Morgan fingerprint density at radius 2 is 1.88 bits per heavy atom. The Labute approximate surface area is 186 Å². The summed E-state index contributed by atoms with van der Waals surface area (Å²) in [5, 5.41) is 13.4. The first kappa shape index (κ1) is 21.1. The van der Waals surface area contributed by atoms with E-state index < -0.39 is 0 Å². The van der Waals surface area contributed by atoms with Gasteiger partial charge in [0.05, 0.1) is 30.7 Å². The third-order valence-corrected chi connectivity index (χ3v) is 5.10. The van der Waals surface area contributed by atoms with Gasteiger partial charge in [0.25, 0.3) is 5.91 Å². The van der Waals surface area contributed by atoms with Crippen LogP contribution in [0.25, 0.3) is 22.0 Å². The van der Waals surface area contributed by atoms with E-state index in [1.54, 1.807) is 13.2 Å². The van der Waals surface area contributed by atoms with Crippen molar-refractivity contribution in [2.24, 2.45) is 5.10 Å². The zero-order valence-electron chi connectivity index (χ0n) is 18.2. The molecule has 0 saturated heterocycles. The fourth-order valence-electron chi connectivity index (χ4n) is 3.47. The molecule has 4 rings (SSSR count). The van der Waals surface area contributed by atoms with Crippen LogP contribution in [-0.2, 0) is 0 Å². The zero-order chi connectivity index (χ0) is 22.5. The molecule has 0 unspecified atom stereocenters. The van der Waals surface area contributed by atoms with Crippen molar-refractivity contribution < 1.29 is 14.3 Å². The second kappa shape index (κ2) is 9.34. The molecule has 0 aliphatic heterocycles. The first-order valence-corrected chi connectivity index (χ1v) is 10.3. The predicted molar refractivity (Wildman–Crippen MR) is 125 cm³/mol. The number of fused-ring (bicyclic) bond motifs is 1. The number of H-pyrrole nitrogens is 1. The van der Waals surface area contributed by atoms with Gasteiger partial charge in [-0.2, -0.15) is 10.2 Å². The summed E-state index contributed by atoms with van der Waals surface area (Å²) in [4.78, 5) is 12.6. The summed E-state index contributed by atoms with van der Waals surface area (Å²) in [5.41, 5.74) is 5.90. The van der Waals surface area contributed by atoms with Crippen LogP contribution in [0.1, 0.15) is 29.9 Å². The van der Waals surface area contributed by atoms with E-state index in [0.717, 1.165) is 27.6 Å². The number of hydrogen-bond acceptors (Lipinski definition) is 5. The summed E-state index contributed by atoms with van der Waals surface area (Å²) in [6.07, 6.45) is 0. The van der Waals surface area contributed by atoms with Crippen LogP contribution in [0.15, 0.2) is 71.8 Å². The predicted octanol–water partition coefficient (Wildman–Crippen LogP) is 4.79. The van der Waals surface area contributed by atoms with Crippen LogP contribution >= 0.6 is 0 Å². The van der Waals surface area contributed by atoms with Crippen LogP contribution in [0.2, 0.25) is 0 Å². The molecule has 0 fully saturated rings. The molecule has 2 N–H and O–H groups in total. The molecule has 1 heterocycles. The average Bonchev–Trinajstić information content (AvgIpc) is 3.32. The Kier molecular flexibility index (Phi) is 6.17. The minimum atomic E-state index is -0.381. The van der Waals surface area contributed by atoms with Crippen molar-refractivity contribution >= 4 is 22.4 Å². The number of rotatable bonds is 7. The summed E-state index contributed by atoms with van der Waals surface area (Å²) in [7, 11) is 1.62. The van der Waals surface area contributed by atoms with E-state index in [4.69, 9.17) is 9.47 Å². The van der Waals surface area contributed by atoms with Crippen LogP contribution in [0, 0.1) is 0 Å². The van der Waals surface area contributed by atoms with Gasteiger partial charge in [0.15, 0.2) is 0 Å². The van der Waals surface area contributed by atoms with Crippen molar-refractivity contribution in [1.29, 1.82) is 0 Å². The van der Waals surface area contributed by atoms with Crippen LogP contribution in [0.4, 0.5) is 0 Å². The zero-order valence-corrected chi connectivity index (χ0v) is 18.2. The normalized spacial score (nSPS) is 11.4. The lowest BCUT2D eigenvalue weighted by atomic mass is 10.0. The number of carbonyl (C=O) groups is 1. The van der Waals surface area contributed by atoms with Crippen LogP contribution < -0.4 is 14.9 Å². The standard InChI is InChI=1S/C25H24N4O3/c1-4-32-19-12-9-17(10-13-19)16(2)26-29-25(30)22-15-21(27-28-22)24-20-8-6-5-7-18(20)11-14-23(24)31-3/h5-15H,4H2,1-3H3,(H,27,28)(H,29,30)/b26-16-. The molecule has 32 heavy (non-hydrogen) atoms. The maximum Gasteiger partial charge on any atom is 0.289 e. The number of benzene rings is 3. The number of aromatic amines is 1. The smallest absolute Gasteiger partial charge is 0.289 e. The number of amides is 1. The number of hydrogen-bond donors (Lipinski definition) is 2. The molecule has 0 aliphatic carbocycles. The number of hydrazone groups is 1. The van der Waals surface area contributed by atoms with E-state index >= 15 is 0 Å². The van der Waals surface area contributed by atoms with Gasteiger partial charge in [-0.3, -0.25) is 9.89 Å². The van der Waals surface area contributed by atoms with Crippen molar-refractivity contribution in [2.75, 3.05) is 13.7 Å². The maximum absolute atomic E-state index is 12.6.